The first-order valence-corrected chi connectivity index (χ1v) is 5.58. The topological polar surface area (TPSA) is 20.2 Å². The van der Waals surface area contributed by atoms with Gasteiger partial charge in [0.05, 0.1) is 5.60 Å². The van der Waals surface area contributed by atoms with Crippen molar-refractivity contribution in [2.45, 2.75) is 39.2 Å². The van der Waals surface area contributed by atoms with E-state index in [0.717, 1.165) is 12.8 Å². The van der Waals surface area contributed by atoms with Gasteiger partial charge in [0.2, 0.25) is 0 Å². The van der Waals surface area contributed by atoms with Crippen molar-refractivity contribution in [3.05, 3.63) is 41.5 Å². The average Bonchev–Trinajstić information content (AvgIpc) is 2.28. The largest absolute Gasteiger partial charge is 0.386 e. The predicted molar refractivity (Wildman–Crippen MR) is 65.7 cm³/mol. The first-order chi connectivity index (χ1) is 7.11. The van der Waals surface area contributed by atoms with E-state index < -0.39 is 5.60 Å². The monoisotopic (exact) mass is 204 g/mol. The fraction of sp³-hybridized carbons (Fsp3) is 0.429. The van der Waals surface area contributed by atoms with Crippen LogP contribution in [0.1, 0.15) is 37.8 Å². The molecular formula is C14H20O. The van der Waals surface area contributed by atoms with Crippen LogP contribution in [0, 0.1) is 6.92 Å². The molecule has 0 aliphatic carbocycles. The predicted octanol–water partition coefficient (Wildman–Crippen LogP) is 3.56. The number of rotatable bonds is 4. The first kappa shape index (κ1) is 12.0. The summed E-state index contributed by atoms with van der Waals surface area (Å²) in [4.78, 5) is 0. The summed E-state index contributed by atoms with van der Waals surface area (Å²) in [5.74, 6) is 0. The van der Waals surface area contributed by atoms with Gasteiger partial charge in [0.15, 0.2) is 0 Å². The lowest BCUT2D eigenvalue weighted by molar-refractivity contribution is 0.0836. The van der Waals surface area contributed by atoms with Gasteiger partial charge in [-0.05, 0) is 30.9 Å². The van der Waals surface area contributed by atoms with Gasteiger partial charge in [-0.2, -0.15) is 0 Å². The maximum absolute atomic E-state index is 10.1. The second-order valence-electron chi connectivity index (χ2n) is 4.00. The molecule has 1 aromatic carbocycles. The Balaban J connectivity index is 2.86. The molecule has 0 amide bonds. The summed E-state index contributed by atoms with van der Waals surface area (Å²) >= 11 is 0. The number of aryl methyl sites for hydroxylation is 1. The maximum Gasteiger partial charge on any atom is 0.0825 e. The Kier molecular flexibility index (Phi) is 4.10. The van der Waals surface area contributed by atoms with Crippen molar-refractivity contribution in [1.29, 1.82) is 0 Å². The zero-order valence-corrected chi connectivity index (χ0v) is 9.83. The molecule has 1 rings (SSSR count). The van der Waals surface area contributed by atoms with E-state index in [1.165, 1.54) is 11.1 Å². The van der Waals surface area contributed by atoms with Crippen LogP contribution in [-0.2, 0) is 0 Å². The van der Waals surface area contributed by atoms with Crippen LogP contribution in [0.15, 0.2) is 30.3 Å². The lowest BCUT2D eigenvalue weighted by atomic mass is 9.95. The van der Waals surface area contributed by atoms with Crippen molar-refractivity contribution in [2.24, 2.45) is 0 Å². The van der Waals surface area contributed by atoms with Crippen molar-refractivity contribution in [2.75, 3.05) is 0 Å². The second kappa shape index (κ2) is 5.13. The smallest absolute Gasteiger partial charge is 0.0825 e. The molecule has 0 saturated carbocycles. The average molecular weight is 204 g/mol. The Labute approximate surface area is 92.5 Å². The van der Waals surface area contributed by atoms with E-state index in [-0.39, 0.29) is 0 Å². The summed E-state index contributed by atoms with van der Waals surface area (Å²) < 4.78 is 0. The molecule has 0 heterocycles. The SMILES string of the molecule is CCC(O)(/C=C/c1ccccc1C)CC. The highest BCUT2D eigenvalue weighted by Gasteiger charge is 2.17. The minimum absolute atomic E-state index is 0.651. The molecule has 82 valence electrons. The van der Waals surface area contributed by atoms with Crippen LogP contribution in [0.2, 0.25) is 0 Å². The molecule has 0 saturated heterocycles. The Bertz CT molecular complexity index is 335. The molecule has 15 heavy (non-hydrogen) atoms. The van der Waals surface area contributed by atoms with Gasteiger partial charge in [-0.1, -0.05) is 50.3 Å². The summed E-state index contributed by atoms with van der Waals surface area (Å²) in [5, 5.41) is 10.1. The quantitative estimate of drug-likeness (QED) is 0.795. The Morgan fingerprint density at radius 1 is 1.20 bits per heavy atom. The molecule has 0 fully saturated rings. The third-order valence-corrected chi connectivity index (χ3v) is 2.99. The Morgan fingerprint density at radius 3 is 2.33 bits per heavy atom. The van der Waals surface area contributed by atoms with Gasteiger partial charge < -0.3 is 5.11 Å². The van der Waals surface area contributed by atoms with E-state index in [2.05, 4.69) is 19.1 Å². The Hall–Kier alpha value is -1.08. The molecule has 0 spiro atoms. The molecule has 1 heteroatoms. The minimum Gasteiger partial charge on any atom is -0.386 e. The van der Waals surface area contributed by atoms with Crippen LogP contribution in [0.3, 0.4) is 0 Å². The summed E-state index contributed by atoms with van der Waals surface area (Å²) in [7, 11) is 0. The van der Waals surface area contributed by atoms with Gasteiger partial charge in [0.1, 0.15) is 0 Å². The maximum atomic E-state index is 10.1. The van der Waals surface area contributed by atoms with E-state index in [1.807, 2.05) is 38.1 Å². The molecule has 1 nitrogen and oxygen atoms in total. The number of benzene rings is 1. The van der Waals surface area contributed by atoms with Crippen LogP contribution < -0.4 is 0 Å². The highest BCUT2D eigenvalue weighted by Crippen LogP contribution is 2.19. The van der Waals surface area contributed by atoms with Crippen molar-refractivity contribution < 1.29 is 5.11 Å². The van der Waals surface area contributed by atoms with E-state index in [1.54, 1.807) is 0 Å². The lowest BCUT2D eigenvalue weighted by Gasteiger charge is -2.20. The van der Waals surface area contributed by atoms with Crippen molar-refractivity contribution in [1.82, 2.24) is 0 Å². The highest BCUT2D eigenvalue weighted by atomic mass is 16.3. The van der Waals surface area contributed by atoms with Gasteiger partial charge in [-0.25, -0.2) is 0 Å². The molecule has 0 radical (unpaired) electrons. The van der Waals surface area contributed by atoms with Crippen LogP contribution in [0.25, 0.3) is 6.08 Å². The van der Waals surface area contributed by atoms with Gasteiger partial charge >= 0.3 is 0 Å². The molecule has 0 aliphatic rings. The van der Waals surface area contributed by atoms with E-state index in [9.17, 15) is 5.11 Å². The van der Waals surface area contributed by atoms with Crippen LogP contribution in [0.5, 0.6) is 0 Å². The van der Waals surface area contributed by atoms with E-state index in [4.69, 9.17) is 0 Å². The molecule has 0 aliphatic heterocycles. The second-order valence-corrected chi connectivity index (χ2v) is 4.00. The van der Waals surface area contributed by atoms with Crippen LogP contribution in [0.4, 0.5) is 0 Å². The van der Waals surface area contributed by atoms with E-state index in [0.29, 0.717) is 0 Å². The molecule has 0 aromatic heterocycles. The molecule has 0 bridgehead atoms. The third kappa shape index (κ3) is 3.21. The number of aliphatic hydroxyl groups is 1. The fourth-order valence-electron chi connectivity index (χ4n) is 1.50. The standard InChI is InChI=1S/C14H20O/c1-4-14(15,5-2)11-10-13-9-7-6-8-12(13)3/h6-11,15H,4-5H2,1-3H3/b11-10+. The Morgan fingerprint density at radius 2 is 1.80 bits per heavy atom. The summed E-state index contributed by atoms with van der Waals surface area (Å²) in [6, 6.07) is 8.19. The molecule has 0 atom stereocenters. The molecule has 1 aromatic rings. The third-order valence-electron chi connectivity index (χ3n) is 2.99. The number of hydrogen-bond acceptors (Lipinski definition) is 1. The zero-order valence-electron chi connectivity index (χ0n) is 9.83. The minimum atomic E-state index is -0.651. The first-order valence-electron chi connectivity index (χ1n) is 5.58. The van der Waals surface area contributed by atoms with Crippen molar-refractivity contribution >= 4 is 6.08 Å². The summed E-state index contributed by atoms with van der Waals surface area (Å²) in [6.07, 6.45) is 5.44. The van der Waals surface area contributed by atoms with Gasteiger partial charge in [0.25, 0.3) is 0 Å². The molecule has 0 unspecified atom stereocenters. The summed E-state index contributed by atoms with van der Waals surface area (Å²) in [5.41, 5.74) is 1.77. The molecule has 1 N–H and O–H groups in total. The summed E-state index contributed by atoms with van der Waals surface area (Å²) in [6.45, 7) is 6.09. The van der Waals surface area contributed by atoms with E-state index >= 15 is 0 Å². The molecular weight excluding hydrogens is 184 g/mol. The number of hydrogen-bond donors (Lipinski definition) is 1. The van der Waals surface area contributed by atoms with Gasteiger partial charge in [0, 0.05) is 0 Å². The van der Waals surface area contributed by atoms with Crippen molar-refractivity contribution in [3.8, 4) is 0 Å². The highest BCUT2D eigenvalue weighted by molar-refractivity contribution is 5.54. The fourth-order valence-corrected chi connectivity index (χ4v) is 1.50. The van der Waals surface area contributed by atoms with Crippen molar-refractivity contribution in [3.63, 3.8) is 0 Å². The van der Waals surface area contributed by atoms with Crippen LogP contribution >= 0.6 is 0 Å². The van der Waals surface area contributed by atoms with Gasteiger partial charge in [-0.15, -0.1) is 0 Å². The van der Waals surface area contributed by atoms with Crippen LogP contribution in [-0.4, -0.2) is 10.7 Å². The lowest BCUT2D eigenvalue weighted by Crippen LogP contribution is -2.22. The normalized spacial score (nSPS) is 12.3. The van der Waals surface area contributed by atoms with Gasteiger partial charge in [-0.3, -0.25) is 0 Å². The zero-order chi connectivity index (χ0) is 11.3.